The van der Waals surface area contributed by atoms with Crippen molar-refractivity contribution in [2.45, 2.75) is 6.04 Å². The molecule has 1 N–H and O–H groups in total. The lowest BCUT2D eigenvalue weighted by Crippen LogP contribution is -2.33. The molecule has 0 fully saturated rings. The minimum atomic E-state index is -0.984. The summed E-state index contributed by atoms with van der Waals surface area (Å²) in [5.41, 5.74) is 0.311. The highest BCUT2D eigenvalue weighted by Crippen LogP contribution is 2.38. The van der Waals surface area contributed by atoms with Crippen molar-refractivity contribution in [3.05, 3.63) is 75.0 Å². The molecule has 13 heteroatoms. The standard InChI is InChI=1S/C21H18N6O7/c1-32-14-9-6-12(10-15(14)33-2)19(28)16-17(20(29)34-3)22-21-23-24-25-26(21)18(16)11-4-7-13(8-5-11)27(30)31/h4-10,18H,1-3H3,(H,22,23,25)/t18-/m0/s1. The van der Waals surface area contributed by atoms with Crippen LogP contribution in [-0.4, -0.2) is 58.2 Å². The fourth-order valence-electron chi connectivity index (χ4n) is 3.61. The van der Waals surface area contributed by atoms with E-state index >= 15 is 0 Å². The molecular formula is C21H18N6O7. The number of anilines is 1. The number of rotatable bonds is 7. The van der Waals surface area contributed by atoms with Crippen molar-refractivity contribution in [2.75, 3.05) is 26.6 Å². The van der Waals surface area contributed by atoms with Crippen LogP contribution in [0.25, 0.3) is 0 Å². The van der Waals surface area contributed by atoms with Gasteiger partial charge < -0.3 is 19.5 Å². The number of fused-ring (bicyclic) bond motifs is 1. The summed E-state index contributed by atoms with van der Waals surface area (Å²) in [7, 11) is 4.07. The number of benzene rings is 2. The molecule has 0 saturated heterocycles. The molecule has 0 bridgehead atoms. The van der Waals surface area contributed by atoms with Crippen molar-refractivity contribution < 1.29 is 28.7 Å². The van der Waals surface area contributed by atoms with Crippen molar-refractivity contribution in [1.29, 1.82) is 0 Å². The third kappa shape index (κ3) is 3.79. The molecule has 2 aromatic carbocycles. The number of nitro groups is 1. The van der Waals surface area contributed by atoms with Gasteiger partial charge in [0, 0.05) is 17.7 Å². The number of nitro benzene ring substituents is 1. The third-order valence-electron chi connectivity index (χ3n) is 5.22. The summed E-state index contributed by atoms with van der Waals surface area (Å²) in [5.74, 6) is -0.541. The quantitative estimate of drug-likeness (QED) is 0.234. The van der Waals surface area contributed by atoms with E-state index in [0.29, 0.717) is 17.1 Å². The minimum Gasteiger partial charge on any atom is -0.493 e. The van der Waals surface area contributed by atoms with Crippen LogP contribution in [0, 0.1) is 10.1 Å². The Morgan fingerprint density at radius 3 is 2.38 bits per heavy atom. The number of tetrazole rings is 1. The number of nitrogens with one attached hydrogen (secondary N) is 1. The summed E-state index contributed by atoms with van der Waals surface area (Å²) >= 11 is 0. The molecule has 4 rings (SSSR count). The number of esters is 1. The SMILES string of the molecule is COC(=O)C1=C(C(=O)c2ccc(OC)c(OC)c2)[C@H](c2ccc([N+](=O)[O-])cc2)n2nnnc2N1. The van der Waals surface area contributed by atoms with Gasteiger partial charge in [0.2, 0.25) is 5.95 Å². The number of ketones is 1. The van der Waals surface area contributed by atoms with Gasteiger partial charge in [-0.25, -0.2) is 4.79 Å². The molecule has 0 spiro atoms. The lowest BCUT2D eigenvalue weighted by molar-refractivity contribution is -0.384. The Bertz CT molecular complexity index is 1320. The second-order valence-corrected chi connectivity index (χ2v) is 7.00. The van der Waals surface area contributed by atoms with Gasteiger partial charge in [-0.3, -0.25) is 14.9 Å². The maximum atomic E-state index is 13.8. The first-order chi connectivity index (χ1) is 16.4. The summed E-state index contributed by atoms with van der Waals surface area (Å²) < 4.78 is 16.7. The van der Waals surface area contributed by atoms with Crippen molar-refractivity contribution in [1.82, 2.24) is 20.2 Å². The first-order valence-corrected chi connectivity index (χ1v) is 9.78. The van der Waals surface area contributed by atoms with Gasteiger partial charge in [0.15, 0.2) is 17.3 Å². The van der Waals surface area contributed by atoms with Crippen LogP contribution in [0.3, 0.4) is 0 Å². The van der Waals surface area contributed by atoms with E-state index in [0.717, 1.165) is 0 Å². The summed E-state index contributed by atoms with van der Waals surface area (Å²) in [4.78, 5) is 37.0. The van der Waals surface area contributed by atoms with Crippen molar-refractivity contribution in [2.24, 2.45) is 0 Å². The number of aromatic nitrogens is 4. The lowest BCUT2D eigenvalue weighted by Gasteiger charge is -2.28. The molecule has 3 aromatic rings. The van der Waals surface area contributed by atoms with E-state index in [1.54, 1.807) is 6.07 Å². The molecule has 0 radical (unpaired) electrons. The Labute approximate surface area is 192 Å². The van der Waals surface area contributed by atoms with E-state index in [4.69, 9.17) is 14.2 Å². The number of carbonyl (C=O) groups excluding carboxylic acids is 2. The highest BCUT2D eigenvalue weighted by molar-refractivity contribution is 6.15. The number of hydrogen-bond acceptors (Lipinski definition) is 11. The number of Topliss-reactive ketones (excluding diaryl/α,β-unsaturated/α-hetero) is 1. The lowest BCUT2D eigenvalue weighted by atomic mass is 9.89. The largest absolute Gasteiger partial charge is 0.493 e. The van der Waals surface area contributed by atoms with E-state index < -0.39 is 22.7 Å². The Kier molecular flexibility index (Phi) is 5.91. The fourth-order valence-corrected chi connectivity index (χ4v) is 3.61. The van der Waals surface area contributed by atoms with Gasteiger partial charge in [-0.05, 0) is 46.3 Å². The average Bonchev–Trinajstić information content (AvgIpc) is 3.34. The number of non-ortho nitro benzene ring substituents is 1. The van der Waals surface area contributed by atoms with E-state index in [1.807, 2.05) is 0 Å². The molecule has 174 valence electrons. The number of methoxy groups -OCH3 is 3. The van der Waals surface area contributed by atoms with E-state index in [-0.39, 0.29) is 28.5 Å². The summed E-state index contributed by atoms with van der Waals surface area (Å²) in [6, 6.07) is 9.09. The molecule has 0 aliphatic carbocycles. The van der Waals surface area contributed by atoms with Gasteiger partial charge in [0.1, 0.15) is 11.7 Å². The highest BCUT2D eigenvalue weighted by Gasteiger charge is 2.39. The van der Waals surface area contributed by atoms with Crippen LogP contribution < -0.4 is 14.8 Å². The molecule has 1 atom stereocenters. The van der Waals surface area contributed by atoms with Gasteiger partial charge >= 0.3 is 5.97 Å². The maximum absolute atomic E-state index is 13.8. The Hall–Kier alpha value is -4.81. The first kappa shape index (κ1) is 22.4. The molecule has 1 aliphatic heterocycles. The molecule has 1 aliphatic rings. The predicted molar refractivity (Wildman–Crippen MR) is 116 cm³/mol. The zero-order valence-electron chi connectivity index (χ0n) is 18.2. The van der Waals surface area contributed by atoms with Crippen LogP contribution in [0.5, 0.6) is 11.5 Å². The van der Waals surface area contributed by atoms with Gasteiger partial charge in [0.05, 0.1) is 31.8 Å². The fraction of sp³-hybridized carbons (Fsp3) is 0.190. The highest BCUT2D eigenvalue weighted by atomic mass is 16.6. The summed E-state index contributed by atoms with van der Waals surface area (Å²) in [6.07, 6.45) is 0. The van der Waals surface area contributed by atoms with Crippen molar-refractivity contribution >= 4 is 23.4 Å². The first-order valence-electron chi connectivity index (χ1n) is 9.78. The molecule has 1 aromatic heterocycles. The van der Waals surface area contributed by atoms with Gasteiger partial charge in [-0.15, -0.1) is 0 Å². The average molecular weight is 466 g/mol. The van der Waals surface area contributed by atoms with Crippen LogP contribution in [0.15, 0.2) is 53.7 Å². The van der Waals surface area contributed by atoms with Gasteiger partial charge in [-0.2, -0.15) is 4.68 Å². The van der Waals surface area contributed by atoms with Crippen LogP contribution in [0.1, 0.15) is 22.0 Å². The van der Waals surface area contributed by atoms with Crippen LogP contribution >= 0.6 is 0 Å². The molecule has 0 saturated carbocycles. The molecule has 2 heterocycles. The number of ether oxygens (including phenoxy) is 3. The monoisotopic (exact) mass is 466 g/mol. The molecule has 13 nitrogen and oxygen atoms in total. The Balaban J connectivity index is 1.92. The maximum Gasteiger partial charge on any atom is 0.355 e. The minimum absolute atomic E-state index is 0.0206. The smallest absolute Gasteiger partial charge is 0.355 e. The summed E-state index contributed by atoms with van der Waals surface area (Å²) in [5, 5.41) is 25.3. The number of hydrogen-bond donors (Lipinski definition) is 1. The van der Waals surface area contributed by atoms with Crippen LogP contribution in [0.2, 0.25) is 0 Å². The van der Waals surface area contributed by atoms with Gasteiger partial charge in [0.25, 0.3) is 5.69 Å². The van der Waals surface area contributed by atoms with Crippen LogP contribution in [-0.2, 0) is 9.53 Å². The second-order valence-electron chi connectivity index (χ2n) is 7.00. The second kappa shape index (κ2) is 8.97. The third-order valence-corrected chi connectivity index (χ3v) is 5.22. The molecule has 0 unspecified atom stereocenters. The zero-order valence-corrected chi connectivity index (χ0v) is 18.2. The van der Waals surface area contributed by atoms with Crippen molar-refractivity contribution in [3.63, 3.8) is 0 Å². The normalized spacial score (nSPS) is 14.6. The number of carbonyl (C=O) groups is 2. The number of nitrogens with zero attached hydrogens (tertiary/aromatic N) is 5. The zero-order chi connectivity index (χ0) is 24.4. The topological polar surface area (TPSA) is 161 Å². The molecule has 34 heavy (non-hydrogen) atoms. The molecular weight excluding hydrogens is 448 g/mol. The van der Waals surface area contributed by atoms with E-state index in [9.17, 15) is 19.7 Å². The molecule has 0 amide bonds. The Morgan fingerprint density at radius 2 is 1.76 bits per heavy atom. The van der Waals surface area contributed by atoms with Crippen molar-refractivity contribution in [3.8, 4) is 11.5 Å². The number of allylic oxidation sites excluding steroid dienone is 1. The van der Waals surface area contributed by atoms with E-state index in [2.05, 4.69) is 20.8 Å². The van der Waals surface area contributed by atoms with Crippen LogP contribution in [0.4, 0.5) is 11.6 Å². The predicted octanol–water partition coefficient (Wildman–Crippen LogP) is 1.92. The summed E-state index contributed by atoms with van der Waals surface area (Å²) in [6.45, 7) is 0. The van der Waals surface area contributed by atoms with E-state index in [1.165, 1.54) is 62.4 Å². The van der Waals surface area contributed by atoms with Gasteiger partial charge in [-0.1, -0.05) is 5.10 Å². The Morgan fingerprint density at radius 1 is 1.06 bits per heavy atom.